The predicted octanol–water partition coefficient (Wildman–Crippen LogP) is 3.47. The summed E-state index contributed by atoms with van der Waals surface area (Å²) in [7, 11) is 0. The Balaban J connectivity index is 1.79. The van der Waals surface area contributed by atoms with Crippen molar-refractivity contribution in [2.24, 2.45) is 11.8 Å². The first-order valence-electron chi connectivity index (χ1n) is 9.72. The van der Waals surface area contributed by atoms with Crippen LogP contribution in [0.2, 0.25) is 0 Å². The molecule has 0 radical (unpaired) electrons. The van der Waals surface area contributed by atoms with Crippen LogP contribution in [0.5, 0.6) is 5.75 Å². The van der Waals surface area contributed by atoms with Crippen molar-refractivity contribution in [1.29, 1.82) is 0 Å². The number of esters is 1. The van der Waals surface area contributed by atoms with Gasteiger partial charge in [0, 0.05) is 6.07 Å². The van der Waals surface area contributed by atoms with Crippen molar-refractivity contribution in [1.82, 2.24) is 0 Å². The molecule has 0 saturated heterocycles. The molecule has 8 nitrogen and oxygen atoms in total. The van der Waals surface area contributed by atoms with E-state index in [0.29, 0.717) is 11.6 Å². The first-order valence-corrected chi connectivity index (χ1v) is 9.72. The number of anilines is 1. The lowest BCUT2D eigenvalue weighted by Crippen LogP contribution is -2.50. The highest BCUT2D eigenvalue weighted by atomic mass is 16.6. The average Bonchev–Trinajstić information content (AvgIpc) is 2.65. The van der Waals surface area contributed by atoms with Crippen molar-refractivity contribution >= 4 is 23.3 Å². The summed E-state index contributed by atoms with van der Waals surface area (Å²) < 4.78 is 11.3. The number of nitrogens with zero attached hydrogens (tertiary/aromatic N) is 2. The number of benzene rings is 1. The topological polar surface area (TPSA) is 99.0 Å². The minimum Gasteiger partial charge on any atom is -0.478 e. The number of nitro groups is 1. The molecule has 0 N–H and O–H groups in total. The summed E-state index contributed by atoms with van der Waals surface area (Å²) in [5.41, 5.74) is 0.219. The van der Waals surface area contributed by atoms with E-state index < -0.39 is 17.0 Å². The standard InChI is InChI=1S/C20H26N2O6/c1-12(2)19-20(24)21(11-18(23)27-15-7-4-13(3)5-8-15)16-9-6-14(22(25)26)10-17(16)28-19/h6,9-10,12-13,15,19H,4-5,7-8,11H2,1-3H3. The number of hydrogen-bond acceptors (Lipinski definition) is 6. The van der Waals surface area contributed by atoms with E-state index in [1.807, 2.05) is 13.8 Å². The Morgan fingerprint density at radius 3 is 2.61 bits per heavy atom. The lowest BCUT2D eigenvalue weighted by Gasteiger charge is -2.35. The fourth-order valence-electron chi connectivity index (χ4n) is 3.68. The monoisotopic (exact) mass is 390 g/mol. The number of fused-ring (bicyclic) bond motifs is 1. The van der Waals surface area contributed by atoms with E-state index in [1.54, 1.807) is 0 Å². The average molecular weight is 390 g/mol. The molecular weight excluding hydrogens is 364 g/mol. The number of nitro benzene ring substituents is 1. The fourth-order valence-corrected chi connectivity index (χ4v) is 3.68. The molecule has 1 aromatic rings. The maximum atomic E-state index is 12.9. The first kappa shape index (κ1) is 20.1. The zero-order valence-electron chi connectivity index (χ0n) is 16.4. The van der Waals surface area contributed by atoms with E-state index in [1.165, 1.54) is 23.1 Å². The Morgan fingerprint density at radius 2 is 2.00 bits per heavy atom. The number of carbonyl (C=O) groups excluding carboxylic acids is 2. The van der Waals surface area contributed by atoms with Crippen LogP contribution < -0.4 is 9.64 Å². The normalized spacial score (nSPS) is 24.5. The highest BCUT2D eigenvalue weighted by Gasteiger charge is 2.38. The summed E-state index contributed by atoms with van der Waals surface area (Å²) in [4.78, 5) is 37.2. The maximum Gasteiger partial charge on any atom is 0.326 e. The molecule has 2 aliphatic rings. The SMILES string of the molecule is CC1CCC(OC(=O)CN2C(=O)C(C(C)C)Oc3cc([N+](=O)[O-])ccc32)CC1. The van der Waals surface area contributed by atoms with E-state index in [4.69, 9.17) is 9.47 Å². The summed E-state index contributed by atoms with van der Waals surface area (Å²) in [6, 6.07) is 4.03. The molecule has 1 heterocycles. The molecule has 1 atom stereocenters. The Bertz CT molecular complexity index is 770. The van der Waals surface area contributed by atoms with Crippen molar-refractivity contribution in [3.05, 3.63) is 28.3 Å². The van der Waals surface area contributed by atoms with Gasteiger partial charge in [0.05, 0.1) is 16.7 Å². The quantitative estimate of drug-likeness (QED) is 0.434. The highest BCUT2D eigenvalue weighted by Crippen LogP contribution is 2.38. The third kappa shape index (κ3) is 4.26. The predicted molar refractivity (Wildman–Crippen MR) is 102 cm³/mol. The lowest BCUT2D eigenvalue weighted by atomic mass is 9.89. The van der Waals surface area contributed by atoms with Crippen molar-refractivity contribution in [2.45, 2.75) is 58.7 Å². The third-order valence-electron chi connectivity index (χ3n) is 5.36. The van der Waals surface area contributed by atoms with Gasteiger partial charge in [0.2, 0.25) is 0 Å². The smallest absolute Gasteiger partial charge is 0.326 e. The van der Waals surface area contributed by atoms with Crippen LogP contribution in [0, 0.1) is 22.0 Å². The molecule has 1 amide bonds. The van der Waals surface area contributed by atoms with Crippen LogP contribution in [0.25, 0.3) is 0 Å². The number of hydrogen-bond donors (Lipinski definition) is 0. The zero-order valence-corrected chi connectivity index (χ0v) is 16.4. The van der Waals surface area contributed by atoms with Gasteiger partial charge in [-0.05, 0) is 43.6 Å². The Morgan fingerprint density at radius 1 is 1.32 bits per heavy atom. The first-order chi connectivity index (χ1) is 13.3. The van der Waals surface area contributed by atoms with Gasteiger partial charge < -0.3 is 9.47 Å². The van der Waals surface area contributed by atoms with Gasteiger partial charge in [-0.15, -0.1) is 0 Å². The van der Waals surface area contributed by atoms with Crippen LogP contribution in [0.1, 0.15) is 46.5 Å². The van der Waals surface area contributed by atoms with Crippen LogP contribution in [0.15, 0.2) is 18.2 Å². The molecule has 1 aliphatic heterocycles. The number of amides is 1. The summed E-state index contributed by atoms with van der Waals surface area (Å²) in [6.07, 6.45) is 2.80. The second kappa shape index (κ2) is 8.16. The Labute approximate surface area is 163 Å². The molecule has 28 heavy (non-hydrogen) atoms. The molecule has 0 aromatic heterocycles. The molecule has 1 saturated carbocycles. The molecule has 1 aliphatic carbocycles. The minimum atomic E-state index is -0.808. The van der Waals surface area contributed by atoms with Crippen LogP contribution in [-0.4, -0.2) is 35.6 Å². The van der Waals surface area contributed by atoms with E-state index in [-0.39, 0.29) is 35.9 Å². The Hall–Kier alpha value is -2.64. The maximum absolute atomic E-state index is 12.9. The summed E-state index contributed by atoms with van der Waals surface area (Å²) in [5, 5.41) is 11.1. The van der Waals surface area contributed by atoms with Crippen LogP contribution in [0.4, 0.5) is 11.4 Å². The molecule has 3 rings (SSSR count). The van der Waals surface area contributed by atoms with E-state index in [0.717, 1.165) is 25.7 Å². The van der Waals surface area contributed by atoms with Gasteiger partial charge >= 0.3 is 5.97 Å². The molecule has 1 fully saturated rings. The van der Waals surface area contributed by atoms with Gasteiger partial charge in [-0.25, -0.2) is 0 Å². The van der Waals surface area contributed by atoms with Gasteiger partial charge in [0.25, 0.3) is 11.6 Å². The van der Waals surface area contributed by atoms with Gasteiger partial charge in [-0.3, -0.25) is 24.6 Å². The van der Waals surface area contributed by atoms with E-state index in [2.05, 4.69) is 6.92 Å². The second-order valence-electron chi connectivity index (χ2n) is 7.99. The van der Waals surface area contributed by atoms with Crippen molar-refractivity contribution in [2.75, 3.05) is 11.4 Å². The van der Waals surface area contributed by atoms with Crippen molar-refractivity contribution in [3.63, 3.8) is 0 Å². The fraction of sp³-hybridized carbons (Fsp3) is 0.600. The van der Waals surface area contributed by atoms with Crippen LogP contribution in [0.3, 0.4) is 0 Å². The Kier molecular flexibility index (Phi) is 5.86. The summed E-state index contributed by atoms with van der Waals surface area (Å²) in [6.45, 7) is 5.60. The molecular formula is C20H26N2O6. The minimum absolute atomic E-state index is 0.114. The molecule has 0 spiro atoms. The van der Waals surface area contributed by atoms with E-state index >= 15 is 0 Å². The van der Waals surface area contributed by atoms with E-state index in [9.17, 15) is 19.7 Å². The number of non-ortho nitro benzene ring substituents is 1. The number of rotatable bonds is 5. The lowest BCUT2D eigenvalue weighted by molar-refractivity contribution is -0.384. The van der Waals surface area contributed by atoms with Gasteiger partial charge in [-0.1, -0.05) is 20.8 Å². The van der Waals surface area contributed by atoms with Gasteiger partial charge in [0.15, 0.2) is 11.9 Å². The molecule has 152 valence electrons. The van der Waals surface area contributed by atoms with Gasteiger partial charge in [0.1, 0.15) is 12.6 Å². The summed E-state index contributed by atoms with van der Waals surface area (Å²) in [5.74, 6) is -0.0949. The van der Waals surface area contributed by atoms with Crippen LogP contribution >= 0.6 is 0 Å². The third-order valence-corrected chi connectivity index (χ3v) is 5.36. The largest absolute Gasteiger partial charge is 0.478 e. The second-order valence-corrected chi connectivity index (χ2v) is 7.99. The van der Waals surface area contributed by atoms with Crippen molar-refractivity contribution < 1.29 is 24.0 Å². The number of carbonyl (C=O) groups is 2. The summed E-state index contributed by atoms with van der Waals surface area (Å²) >= 11 is 0. The molecule has 8 heteroatoms. The molecule has 1 unspecified atom stereocenters. The van der Waals surface area contributed by atoms with Gasteiger partial charge in [-0.2, -0.15) is 0 Å². The zero-order chi connectivity index (χ0) is 20.4. The highest BCUT2D eigenvalue weighted by molar-refractivity contribution is 6.03. The van der Waals surface area contributed by atoms with Crippen molar-refractivity contribution in [3.8, 4) is 5.75 Å². The number of ether oxygens (including phenoxy) is 2. The molecule has 1 aromatic carbocycles. The molecule has 0 bridgehead atoms. The van der Waals surface area contributed by atoms with Crippen LogP contribution in [-0.2, 0) is 14.3 Å².